The van der Waals surface area contributed by atoms with Gasteiger partial charge in [-0.25, -0.2) is 4.98 Å². The number of nitrogens with zero attached hydrogens (tertiary/aromatic N) is 5. The molecular weight excluding hydrogens is 440 g/mol. The number of benzene rings is 2. The van der Waals surface area contributed by atoms with Crippen LogP contribution in [0.1, 0.15) is 11.3 Å². The van der Waals surface area contributed by atoms with Crippen molar-refractivity contribution in [2.24, 2.45) is 10.2 Å². The predicted molar refractivity (Wildman–Crippen MR) is 119 cm³/mol. The lowest BCUT2D eigenvalue weighted by Crippen LogP contribution is -2.13. The van der Waals surface area contributed by atoms with Gasteiger partial charge in [-0.1, -0.05) is 29.8 Å². The zero-order valence-corrected chi connectivity index (χ0v) is 17.9. The van der Waals surface area contributed by atoms with E-state index in [1.54, 1.807) is 42.6 Å². The average molecular weight is 455 g/mol. The number of non-ortho nitro benzene ring substituents is 1. The molecule has 0 saturated heterocycles. The van der Waals surface area contributed by atoms with Gasteiger partial charge in [0.15, 0.2) is 5.69 Å². The molecule has 0 aliphatic rings. The maximum atomic E-state index is 12.9. The first-order chi connectivity index (χ1) is 14.8. The van der Waals surface area contributed by atoms with Crippen LogP contribution in [0.15, 0.2) is 62.9 Å². The monoisotopic (exact) mass is 454 g/mol. The highest BCUT2D eigenvalue weighted by atomic mass is 35.5. The quantitative estimate of drug-likeness (QED) is 0.230. The Morgan fingerprint density at radius 3 is 2.74 bits per heavy atom. The SMILES string of the molecule is Cc1[nH]n(-c2nc(-c3cccc([N+](=O)[O-])c3)cs2)c(=O)c1N=Nc1cccc(Cl)c1C. The Bertz CT molecular complexity index is 1390. The largest absolute Gasteiger partial charge is 0.301 e. The van der Waals surface area contributed by atoms with E-state index < -0.39 is 10.5 Å². The summed E-state index contributed by atoms with van der Waals surface area (Å²) >= 11 is 7.33. The summed E-state index contributed by atoms with van der Waals surface area (Å²) < 4.78 is 1.28. The molecule has 1 N–H and O–H groups in total. The Labute approximate surface area is 184 Å². The summed E-state index contributed by atoms with van der Waals surface area (Å²) in [6, 6.07) is 11.4. The van der Waals surface area contributed by atoms with Crippen molar-refractivity contribution in [3.63, 3.8) is 0 Å². The number of H-pyrrole nitrogens is 1. The highest BCUT2D eigenvalue weighted by Gasteiger charge is 2.16. The molecule has 2 aromatic carbocycles. The molecule has 31 heavy (non-hydrogen) atoms. The molecule has 4 rings (SSSR count). The fraction of sp³-hybridized carbons (Fsp3) is 0.100. The molecule has 0 saturated carbocycles. The van der Waals surface area contributed by atoms with Crippen LogP contribution in [0.25, 0.3) is 16.4 Å². The van der Waals surface area contributed by atoms with E-state index in [1.165, 1.54) is 28.2 Å². The molecular formula is C20H15ClN6O3S. The lowest BCUT2D eigenvalue weighted by Gasteiger charge is -1.99. The van der Waals surface area contributed by atoms with Gasteiger partial charge in [0.2, 0.25) is 5.13 Å². The number of halogens is 1. The zero-order chi connectivity index (χ0) is 22.1. The van der Waals surface area contributed by atoms with Gasteiger partial charge in [0.25, 0.3) is 5.69 Å². The number of nitro groups is 1. The number of aryl methyl sites for hydroxylation is 1. The molecule has 0 radical (unpaired) electrons. The van der Waals surface area contributed by atoms with Gasteiger partial charge in [0.05, 0.1) is 22.0 Å². The van der Waals surface area contributed by atoms with Crippen LogP contribution in [-0.4, -0.2) is 19.7 Å². The maximum Gasteiger partial charge on any atom is 0.301 e. The first kappa shape index (κ1) is 20.6. The highest BCUT2D eigenvalue weighted by Crippen LogP contribution is 2.29. The van der Waals surface area contributed by atoms with Crippen LogP contribution in [0.2, 0.25) is 5.02 Å². The van der Waals surface area contributed by atoms with Crippen LogP contribution in [0.5, 0.6) is 0 Å². The van der Waals surface area contributed by atoms with Crippen molar-refractivity contribution < 1.29 is 4.92 Å². The maximum absolute atomic E-state index is 12.9. The van der Waals surface area contributed by atoms with E-state index in [2.05, 4.69) is 20.3 Å². The van der Waals surface area contributed by atoms with Crippen molar-refractivity contribution in [1.82, 2.24) is 14.8 Å². The second-order valence-electron chi connectivity index (χ2n) is 6.63. The molecule has 11 heteroatoms. The third-order valence-electron chi connectivity index (χ3n) is 4.57. The normalized spacial score (nSPS) is 11.3. The van der Waals surface area contributed by atoms with Crippen LogP contribution in [-0.2, 0) is 0 Å². The number of azo groups is 1. The van der Waals surface area contributed by atoms with Crippen molar-refractivity contribution in [3.05, 3.63) is 84.6 Å². The smallest absolute Gasteiger partial charge is 0.291 e. The number of thiazole rings is 1. The summed E-state index contributed by atoms with van der Waals surface area (Å²) in [5.74, 6) is 0. The molecule has 156 valence electrons. The molecule has 0 unspecified atom stereocenters. The summed E-state index contributed by atoms with van der Waals surface area (Å²) in [5, 5.41) is 24.9. The third kappa shape index (κ3) is 4.03. The number of nitrogens with one attached hydrogen (secondary N) is 1. The fourth-order valence-corrected chi connectivity index (χ4v) is 3.84. The number of nitro benzene ring substituents is 1. The van der Waals surface area contributed by atoms with Crippen LogP contribution in [0, 0.1) is 24.0 Å². The van der Waals surface area contributed by atoms with Crippen molar-refractivity contribution >= 4 is 40.0 Å². The van der Waals surface area contributed by atoms with E-state index in [0.29, 0.717) is 32.8 Å². The van der Waals surface area contributed by atoms with Crippen LogP contribution in [0.4, 0.5) is 17.1 Å². The minimum atomic E-state index is -0.464. The average Bonchev–Trinajstić information content (AvgIpc) is 3.34. The summed E-state index contributed by atoms with van der Waals surface area (Å²) in [7, 11) is 0. The standard InChI is InChI=1S/C20H15ClN6O3S/c1-11-15(21)7-4-8-16(11)23-24-18-12(2)25-26(19(18)28)20-22-17(10-31-20)13-5-3-6-14(9-13)27(29)30/h3-10,25H,1-2H3. The van der Waals surface area contributed by atoms with Gasteiger partial charge < -0.3 is 0 Å². The zero-order valence-electron chi connectivity index (χ0n) is 16.4. The second kappa shape index (κ2) is 8.25. The molecule has 4 aromatic rings. The molecule has 0 aliphatic heterocycles. The van der Waals surface area contributed by atoms with Gasteiger partial charge in [0.1, 0.15) is 0 Å². The predicted octanol–water partition coefficient (Wildman–Crippen LogP) is 5.88. The van der Waals surface area contributed by atoms with Gasteiger partial charge in [-0.05, 0) is 31.5 Å². The molecule has 2 heterocycles. The van der Waals surface area contributed by atoms with Gasteiger partial charge in [0, 0.05) is 28.1 Å². The number of hydrogen-bond acceptors (Lipinski definition) is 7. The molecule has 0 bridgehead atoms. The van der Waals surface area contributed by atoms with E-state index in [9.17, 15) is 14.9 Å². The first-order valence-electron chi connectivity index (χ1n) is 9.04. The van der Waals surface area contributed by atoms with Gasteiger partial charge in [-0.15, -0.1) is 21.6 Å². The number of hydrogen-bond donors (Lipinski definition) is 1. The lowest BCUT2D eigenvalue weighted by molar-refractivity contribution is -0.384. The minimum Gasteiger partial charge on any atom is -0.291 e. The van der Waals surface area contributed by atoms with E-state index in [-0.39, 0.29) is 11.4 Å². The molecule has 2 aromatic heterocycles. The Morgan fingerprint density at radius 1 is 1.19 bits per heavy atom. The Morgan fingerprint density at radius 2 is 1.97 bits per heavy atom. The van der Waals surface area contributed by atoms with E-state index >= 15 is 0 Å². The number of aromatic nitrogens is 3. The Kier molecular flexibility index (Phi) is 5.49. The van der Waals surface area contributed by atoms with E-state index in [1.807, 2.05) is 6.92 Å². The highest BCUT2D eigenvalue weighted by molar-refractivity contribution is 7.12. The summed E-state index contributed by atoms with van der Waals surface area (Å²) in [4.78, 5) is 27.9. The molecule has 0 amide bonds. The minimum absolute atomic E-state index is 0.0288. The van der Waals surface area contributed by atoms with Crippen LogP contribution in [0.3, 0.4) is 0 Å². The van der Waals surface area contributed by atoms with Gasteiger partial charge in [-0.3, -0.25) is 20.0 Å². The molecule has 9 nitrogen and oxygen atoms in total. The molecule has 0 atom stereocenters. The summed E-state index contributed by atoms with van der Waals surface area (Å²) in [5.41, 5.74) is 2.71. The first-order valence-corrected chi connectivity index (χ1v) is 10.3. The molecule has 0 fully saturated rings. The van der Waals surface area contributed by atoms with Crippen molar-refractivity contribution in [2.45, 2.75) is 13.8 Å². The van der Waals surface area contributed by atoms with Gasteiger partial charge >= 0.3 is 5.56 Å². The third-order valence-corrected chi connectivity index (χ3v) is 5.81. The summed E-state index contributed by atoms with van der Waals surface area (Å²) in [6.07, 6.45) is 0. The van der Waals surface area contributed by atoms with Gasteiger partial charge in [-0.2, -0.15) is 4.68 Å². The Hall–Kier alpha value is -3.63. The molecule has 0 aliphatic carbocycles. The topological polar surface area (TPSA) is 119 Å². The van der Waals surface area contributed by atoms with Crippen molar-refractivity contribution in [2.75, 3.05) is 0 Å². The van der Waals surface area contributed by atoms with E-state index in [0.717, 1.165) is 5.56 Å². The lowest BCUT2D eigenvalue weighted by atomic mass is 10.1. The molecule has 0 spiro atoms. The van der Waals surface area contributed by atoms with Crippen molar-refractivity contribution in [1.29, 1.82) is 0 Å². The van der Waals surface area contributed by atoms with Crippen molar-refractivity contribution in [3.8, 4) is 16.4 Å². The number of aromatic amines is 1. The number of rotatable bonds is 5. The van der Waals surface area contributed by atoms with Crippen LogP contribution < -0.4 is 5.56 Å². The fourth-order valence-electron chi connectivity index (χ4n) is 2.88. The Balaban J connectivity index is 1.68. The van der Waals surface area contributed by atoms with E-state index in [4.69, 9.17) is 11.6 Å². The second-order valence-corrected chi connectivity index (χ2v) is 7.88. The summed E-state index contributed by atoms with van der Waals surface area (Å²) in [6.45, 7) is 3.54. The van der Waals surface area contributed by atoms with Crippen LogP contribution >= 0.6 is 22.9 Å².